The SMILES string of the molecule is COc1ccc(C(N=C=S)c2ccccc2)cc1. The smallest absolute Gasteiger partial charge is 0.118 e. The van der Waals surface area contributed by atoms with E-state index in [4.69, 9.17) is 17.0 Å². The number of hydrogen-bond donors (Lipinski definition) is 0. The number of hydrogen-bond acceptors (Lipinski definition) is 3. The molecule has 3 heteroatoms. The van der Waals surface area contributed by atoms with Gasteiger partial charge in [0.2, 0.25) is 0 Å². The highest BCUT2D eigenvalue weighted by atomic mass is 32.1. The minimum Gasteiger partial charge on any atom is -0.497 e. The summed E-state index contributed by atoms with van der Waals surface area (Å²) in [7, 11) is 1.65. The topological polar surface area (TPSA) is 21.6 Å². The highest BCUT2D eigenvalue weighted by Crippen LogP contribution is 2.26. The lowest BCUT2D eigenvalue weighted by Crippen LogP contribution is -1.97. The Bertz CT molecular complexity index is 544. The van der Waals surface area contributed by atoms with Crippen LogP contribution in [0.1, 0.15) is 17.2 Å². The fourth-order valence-electron chi connectivity index (χ4n) is 1.82. The van der Waals surface area contributed by atoms with Gasteiger partial charge in [-0.15, -0.1) is 0 Å². The summed E-state index contributed by atoms with van der Waals surface area (Å²) in [5, 5.41) is 2.47. The number of isothiocyanates is 1. The van der Waals surface area contributed by atoms with Gasteiger partial charge >= 0.3 is 0 Å². The number of benzene rings is 2. The van der Waals surface area contributed by atoms with Gasteiger partial charge in [-0.1, -0.05) is 42.5 Å². The summed E-state index contributed by atoms with van der Waals surface area (Å²) in [4.78, 5) is 4.24. The van der Waals surface area contributed by atoms with Crippen LogP contribution in [0.25, 0.3) is 0 Å². The summed E-state index contributed by atoms with van der Waals surface area (Å²) < 4.78 is 5.15. The van der Waals surface area contributed by atoms with Crippen molar-refractivity contribution in [2.45, 2.75) is 6.04 Å². The van der Waals surface area contributed by atoms with Gasteiger partial charge in [-0.05, 0) is 35.5 Å². The van der Waals surface area contributed by atoms with Crippen LogP contribution in [-0.2, 0) is 0 Å². The molecule has 2 aromatic rings. The second-order valence-corrected chi connectivity index (χ2v) is 3.99. The van der Waals surface area contributed by atoms with E-state index in [1.54, 1.807) is 7.11 Å². The quantitative estimate of drug-likeness (QED) is 0.610. The lowest BCUT2D eigenvalue weighted by atomic mass is 9.99. The zero-order chi connectivity index (χ0) is 12.8. The van der Waals surface area contributed by atoms with E-state index in [0.29, 0.717) is 0 Å². The minimum atomic E-state index is -0.102. The van der Waals surface area contributed by atoms with Crippen LogP contribution in [0.4, 0.5) is 0 Å². The van der Waals surface area contributed by atoms with E-state index in [9.17, 15) is 0 Å². The van der Waals surface area contributed by atoms with Gasteiger partial charge in [0.15, 0.2) is 0 Å². The van der Waals surface area contributed by atoms with E-state index in [2.05, 4.69) is 10.2 Å². The predicted octanol–water partition coefficient (Wildman–Crippen LogP) is 3.89. The number of nitrogens with zero attached hydrogens (tertiary/aromatic N) is 1. The minimum absolute atomic E-state index is 0.102. The van der Waals surface area contributed by atoms with Gasteiger partial charge in [-0.3, -0.25) is 0 Å². The molecule has 0 fully saturated rings. The van der Waals surface area contributed by atoms with Gasteiger partial charge in [-0.25, -0.2) is 4.99 Å². The molecule has 0 amide bonds. The Morgan fingerprint density at radius 1 is 1.00 bits per heavy atom. The first-order chi connectivity index (χ1) is 8.85. The number of ether oxygens (including phenoxy) is 1. The molecular weight excluding hydrogens is 242 g/mol. The first kappa shape index (κ1) is 12.5. The maximum atomic E-state index is 5.15. The highest BCUT2D eigenvalue weighted by Gasteiger charge is 2.11. The van der Waals surface area contributed by atoms with Crippen molar-refractivity contribution < 1.29 is 4.74 Å². The molecule has 0 aromatic heterocycles. The Labute approximate surface area is 112 Å². The van der Waals surface area contributed by atoms with Crippen molar-refractivity contribution >= 4 is 17.4 Å². The molecule has 90 valence electrons. The third kappa shape index (κ3) is 2.83. The lowest BCUT2D eigenvalue weighted by molar-refractivity contribution is 0.414. The van der Waals surface area contributed by atoms with Gasteiger partial charge in [0.25, 0.3) is 0 Å². The molecule has 0 aliphatic carbocycles. The van der Waals surface area contributed by atoms with Crippen LogP contribution in [0.2, 0.25) is 0 Å². The van der Waals surface area contributed by atoms with Gasteiger partial charge in [0.05, 0.1) is 12.3 Å². The molecule has 0 saturated carbocycles. The molecule has 0 radical (unpaired) electrons. The highest BCUT2D eigenvalue weighted by molar-refractivity contribution is 7.78. The Balaban J connectivity index is 2.38. The Morgan fingerprint density at radius 2 is 1.61 bits per heavy atom. The van der Waals surface area contributed by atoms with E-state index in [1.807, 2.05) is 54.6 Å². The van der Waals surface area contributed by atoms with Gasteiger partial charge in [0, 0.05) is 0 Å². The van der Waals surface area contributed by atoms with Crippen molar-refractivity contribution in [2.75, 3.05) is 7.11 Å². The average molecular weight is 255 g/mol. The maximum Gasteiger partial charge on any atom is 0.118 e. The summed E-state index contributed by atoms with van der Waals surface area (Å²) in [6.07, 6.45) is 0. The number of thiocarbonyl (C=S) groups is 1. The van der Waals surface area contributed by atoms with Crippen LogP contribution in [-0.4, -0.2) is 12.3 Å². The summed E-state index contributed by atoms with van der Waals surface area (Å²) in [6, 6.07) is 17.8. The third-order valence-electron chi connectivity index (χ3n) is 2.73. The van der Waals surface area contributed by atoms with E-state index in [1.165, 1.54) is 0 Å². The zero-order valence-corrected chi connectivity index (χ0v) is 10.9. The Morgan fingerprint density at radius 3 is 2.17 bits per heavy atom. The first-order valence-electron chi connectivity index (χ1n) is 5.61. The zero-order valence-electron chi connectivity index (χ0n) is 10.0. The molecule has 0 aliphatic heterocycles. The maximum absolute atomic E-state index is 5.15. The molecule has 0 bridgehead atoms. The summed E-state index contributed by atoms with van der Waals surface area (Å²) >= 11 is 4.74. The molecule has 0 N–H and O–H groups in total. The Kier molecular flexibility index (Phi) is 4.24. The molecule has 0 saturated heterocycles. The van der Waals surface area contributed by atoms with Crippen molar-refractivity contribution in [3.8, 4) is 5.75 Å². The molecule has 18 heavy (non-hydrogen) atoms. The monoisotopic (exact) mass is 255 g/mol. The van der Waals surface area contributed by atoms with Crippen LogP contribution in [0, 0.1) is 0 Å². The molecule has 0 heterocycles. The molecule has 2 aromatic carbocycles. The first-order valence-corrected chi connectivity index (χ1v) is 6.02. The van der Waals surface area contributed by atoms with Crippen LogP contribution >= 0.6 is 12.2 Å². The standard InChI is InChI=1S/C15H13NOS/c1-17-14-9-7-13(8-10-14)15(16-11-18)12-5-3-2-4-6-12/h2-10,15H,1H3. The van der Waals surface area contributed by atoms with Crippen LogP contribution in [0.15, 0.2) is 59.6 Å². The van der Waals surface area contributed by atoms with Gasteiger partial charge < -0.3 is 4.74 Å². The third-order valence-corrected chi connectivity index (χ3v) is 2.83. The van der Waals surface area contributed by atoms with Crippen molar-refractivity contribution in [1.29, 1.82) is 0 Å². The van der Waals surface area contributed by atoms with Crippen molar-refractivity contribution in [3.63, 3.8) is 0 Å². The van der Waals surface area contributed by atoms with Crippen LogP contribution < -0.4 is 4.74 Å². The summed E-state index contributed by atoms with van der Waals surface area (Å²) in [5.41, 5.74) is 2.17. The second-order valence-electron chi connectivity index (χ2n) is 3.81. The van der Waals surface area contributed by atoms with Crippen molar-refractivity contribution in [3.05, 3.63) is 65.7 Å². The van der Waals surface area contributed by atoms with E-state index in [0.717, 1.165) is 16.9 Å². The number of aliphatic imine (C=N–C) groups is 1. The van der Waals surface area contributed by atoms with Crippen LogP contribution in [0.5, 0.6) is 5.75 Å². The van der Waals surface area contributed by atoms with Gasteiger partial charge in [-0.2, -0.15) is 0 Å². The van der Waals surface area contributed by atoms with E-state index < -0.39 is 0 Å². The molecule has 2 nitrogen and oxygen atoms in total. The molecular formula is C15H13NOS. The molecule has 0 aliphatic rings. The lowest BCUT2D eigenvalue weighted by Gasteiger charge is -2.12. The van der Waals surface area contributed by atoms with Crippen molar-refractivity contribution in [2.24, 2.45) is 4.99 Å². The second kappa shape index (κ2) is 6.10. The molecule has 1 unspecified atom stereocenters. The summed E-state index contributed by atoms with van der Waals surface area (Å²) in [5.74, 6) is 0.830. The van der Waals surface area contributed by atoms with Crippen LogP contribution in [0.3, 0.4) is 0 Å². The van der Waals surface area contributed by atoms with Gasteiger partial charge in [0.1, 0.15) is 11.8 Å². The molecule has 2 rings (SSSR count). The fraction of sp³-hybridized carbons (Fsp3) is 0.133. The van der Waals surface area contributed by atoms with E-state index >= 15 is 0 Å². The van der Waals surface area contributed by atoms with E-state index in [-0.39, 0.29) is 6.04 Å². The fourth-order valence-corrected chi connectivity index (χ4v) is 1.92. The average Bonchev–Trinajstić information content (AvgIpc) is 2.46. The number of methoxy groups -OCH3 is 1. The Hall–Kier alpha value is -1.96. The normalized spacial score (nSPS) is 11.4. The predicted molar refractivity (Wildman–Crippen MR) is 76.3 cm³/mol. The largest absolute Gasteiger partial charge is 0.497 e. The molecule has 0 spiro atoms. The summed E-state index contributed by atoms with van der Waals surface area (Å²) in [6.45, 7) is 0. The van der Waals surface area contributed by atoms with Crippen molar-refractivity contribution in [1.82, 2.24) is 0 Å². The number of rotatable bonds is 4. The molecule has 1 atom stereocenters.